The monoisotopic (exact) mass is 399 g/mol. The molecule has 0 saturated carbocycles. The Morgan fingerprint density at radius 1 is 1.07 bits per heavy atom. The largest absolute Gasteiger partial charge is 0.497 e. The van der Waals surface area contributed by atoms with Gasteiger partial charge in [-0.3, -0.25) is 14.5 Å². The minimum absolute atomic E-state index is 0.0951. The van der Waals surface area contributed by atoms with Crippen LogP contribution in [-0.4, -0.2) is 50.8 Å². The molecule has 1 atom stereocenters. The van der Waals surface area contributed by atoms with Gasteiger partial charge >= 0.3 is 0 Å². The van der Waals surface area contributed by atoms with Crippen molar-refractivity contribution in [3.63, 3.8) is 0 Å². The van der Waals surface area contributed by atoms with Gasteiger partial charge in [0.1, 0.15) is 5.75 Å². The molecule has 0 bridgehead atoms. The number of fused-ring (bicyclic) bond motifs is 1. The molecule has 2 amide bonds. The number of likely N-dealkylation sites (N-methyl/N-ethyl adjacent to an activating group) is 1. The fraction of sp³-hybridized carbons (Fsp3) is 0.333. The van der Waals surface area contributed by atoms with Crippen molar-refractivity contribution < 1.29 is 23.8 Å². The zero-order chi connectivity index (χ0) is 20.8. The summed E-state index contributed by atoms with van der Waals surface area (Å²) in [6, 6.07) is 12.4. The number of amides is 2. The van der Waals surface area contributed by atoms with Gasteiger partial charge in [0.05, 0.1) is 26.2 Å². The second kappa shape index (κ2) is 9.29. The summed E-state index contributed by atoms with van der Waals surface area (Å²) in [6.45, 7) is 2.30. The maximum atomic E-state index is 12.3. The summed E-state index contributed by atoms with van der Waals surface area (Å²) in [5.41, 5.74) is 1.59. The molecule has 0 aromatic heterocycles. The van der Waals surface area contributed by atoms with E-state index in [0.717, 1.165) is 5.56 Å². The Bertz CT molecular complexity index is 869. The van der Waals surface area contributed by atoms with E-state index in [0.29, 0.717) is 22.9 Å². The molecule has 29 heavy (non-hydrogen) atoms. The van der Waals surface area contributed by atoms with Gasteiger partial charge in [-0.2, -0.15) is 0 Å². The number of anilines is 1. The Balaban J connectivity index is 1.45. The Kier molecular flexibility index (Phi) is 6.56. The van der Waals surface area contributed by atoms with Crippen molar-refractivity contribution in [2.24, 2.45) is 0 Å². The van der Waals surface area contributed by atoms with E-state index in [2.05, 4.69) is 10.6 Å². The summed E-state index contributed by atoms with van der Waals surface area (Å²) < 4.78 is 15.8. The summed E-state index contributed by atoms with van der Waals surface area (Å²) in [7, 11) is 3.30. The Morgan fingerprint density at radius 2 is 1.76 bits per heavy atom. The Hall–Kier alpha value is -3.26. The molecule has 3 rings (SSSR count). The fourth-order valence-corrected chi connectivity index (χ4v) is 2.97. The minimum Gasteiger partial charge on any atom is -0.497 e. The molecule has 2 N–H and O–H groups in total. The summed E-state index contributed by atoms with van der Waals surface area (Å²) >= 11 is 0. The van der Waals surface area contributed by atoms with E-state index >= 15 is 0 Å². The summed E-state index contributed by atoms with van der Waals surface area (Å²) in [4.78, 5) is 26.1. The van der Waals surface area contributed by atoms with E-state index < -0.39 is 0 Å². The van der Waals surface area contributed by atoms with Gasteiger partial charge in [-0.15, -0.1) is 0 Å². The van der Waals surface area contributed by atoms with Gasteiger partial charge in [-0.1, -0.05) is 6.07 Å². The van der Waals surface area contributed by atoms with E-state index in [1.165, 1.54) is 0 Å². The number of ether oxygens (including phenoxy) is 3. The van der Waals surface area contributed by atoms with Crippen molar-refractivity contribution >= 4 is 17.5 Å². The number of nitrogens with one attached hydrogen (secondary N) is 2. The lowest BCUT2D eigenvalue weighted by Gasteiger charge is -2.19. The third kappa shape index (κ3) is 5.61. The first kappa shape index (κ1) is 20.5. The molecule has 0 saturated heterocycles. The fourth-order valence-electron chi connectivity index (χ4n) is 2.97. The van der Waals surface area contributed by atoms with Crippen LogP contribution in [0.3, 0.4) is 0 Å². The van der Waals surface area contributed by atoms with Crippen LogP contribution in [0.25, 0.3) is 0 Å². The molecule has 0 fully saturated rings. The highest BCUT2D eigenvalue weighted by molar-refractivity contribution is 5.92. The molecule has 0 spiro atoms. The highest BCUT2D eigenvalue weighted by atomic mass is 16.7. The van der Waals surface area contributed by atoms with Gasteiger partial charge in [0, 0.05) is 5.69 Å². The van der Waals surface area contributed by atoms with E-state index in [4.69, 9.17) is 14.2 Å². The third-order valence-electron chi connectivity index (χ3n) is 4.47. The first-order valence-corrected chi connectivity index (χ1v) is 9.26. The van der Waals surface area contributed by atoms with Crippen molar-refractivity contribution in [1.82, 2.24) is 10.2 Å². The smallest absolute Gasteiger partial charge is 0.238 e. The summed E-state index contributed by atoms with van der Waals surface area (Å²) in [5, 5.41) is 5.73. The number of carbonyl (C=O) groups excluding carboxylic acids is 2. The molecule has 1 heterocycles. The van der Waals surface area contributed by atoms with Crippen LogP contribution in [0.1, 0.15) is 18.5 Å². The molecule has 8 nitrogen and oxygen atoms in total. The highest BCUT2D eigenvalue weighted by Gasteiger charge is 2.18. The second-order valence-electron chi connectivity index (χ2n) is 6.85. The molecule has 1 aliphatic rings. The molecule has 0 aliphatic carbocycles. The normalized spacial score (nSPS) is 13.1. The van der Waals surface area contributed by atoms with Gasteiger partial charge < -0.3 is 24.8 Å². The molecule has 2 aromatic carbocycles. The Morgan fingerprint density at radius 3 is 2.48 bits per heavy atom. The van der Waals surface area contributed by atoms with Crippen molar-refractivity contribution in [2.75, 3.05) is 39.4 Å². The molecule has 154 valence electrons. The minimum atomic E-state index is -0.200. The number of nitrogens with zero attached hydrogens (tertiary/aromatic N) is 1. The van der Waals surface area contributed by atoms with Gasteiger partial charge in [0.25, 0.3) is 0 Å². The van der Waals surface area contributed by atoms with Crippen molar-refractivity contribution in [3.05, 3.63) is 48.0 Å². The first-order chi connectivity index (χ1) is 13.9. The lowest BCUT2D eigenvalue weighted by molar-refractivity contribution is -0.123. The number of rotatable bonds is 8. The van der Waals surface area contributed by atoms with Crippen LogP contribution in [0.4, 0.5) is 5.69 Å². The predicted molar refractivity (Wildman–Crippen MR) is 108 cm³/mol. The molecular formula is C21H25N3O5. The van der Waals surface area contributed by atoms with Crippen LogP contribution in [0.5, 0.6) is 17.2 Å². The number of hydrogen-bond acceptors (Lipinski definition) is 6. The average Bonchev–Trinajstić information content (AvgIpc) is 3.15. The molecule has 2 aromatic rings. The van der Waals surface area contributed by atoms with Crippen LogP contribution in [0.2, 0.25) is 0 Å². The highest BCUT2D eigenvalue weighted by Crippen LogP contribution is 2.34. The standard InChI is InChI=1S/C21H25N3O5/c1-14(15-4-9-18-19(10-15)29-13-28-18)22-20(25)11-24(2)12-21(26)23-16-5-7-17(27-3)8-6-16/h4-10,14H,11-13H2,1-3H3,(H,22,25)(H,23,26)/t14-/m1/s1. The van der Waals surface area contributed by atoms with E-state index in [-0.39, 0.29) is 37.7 Å². The van der Waals surface area contributed by atoms with Crippen LogP contribution in [-0.2, 0) is 9.59 Å². The maximum Gasteiger partial charge on any atom is 0.238 e. The van der Waals surface area contributed by atoms with E-state index in [1.807, 2.05) is 25.1 Å². The molecule has 1 aliphatic heterocycles. The first-order valence-electron chi connectivity index (χ1n) is 9.26. The molecule has 0 unspecified atom stereocenters. The number of carbonyl (C=O) groups is 2. The zero-order valence-corrected chi connectivity index (χ0v) is 16.7. The number of hydrogen-bond donors (Lipinski definition) is 2. The average molecular weight is 399 g/mol. The van der Waals surface area contributed by atoms with Crippen LogP contribution in [0, 0.1) is 0 Å². The third-order valence-corrected chi connectivity index (χ3v) is 4.47. The van der Waals surface area contributed by atoms with Crippen LogP contribution >= 0.6 is 0 Å². The van der Waals surface area contributed by atoms with Crippen molar-refractivity contribution in [2.45, 2.75) is 13.0 Å². The van der Waals surface area contributed by atoms with Crippen molar-refractivity contribution in [3.8, 4) is 17.2 Å². The lowest BCUT2D eigenvalue weighted by atomic mass is 10.1. The lowest BCUT2D eigenvalue weighted by Crippen LogP contribution is -2.39. The van der Waals surface area contributed by atoms with E-state index in [1.54, 1.807) is 43.3 Å². The topological polar surface area (TPSA) is 89.1 Å². The Labute approximate surface area is 169 Å². The maximum absolute atomic E-state index is 12.3. The van der Waals surface area contributed by atoms with E-state index in [9.17, 15) is 9.59 Å². The molecular weight excluding hydrogens is 374 g/mol. The van der Waals surface area contributed by atoms with Crippen molar-refractivity contribution in [1.29, 1.82) is 0 Å². The van der Waals surface area contributed by atoms with Crippen LogP contribution < -0.4 is 24.8 Å². The molecule has 0 radical (unpaired) electrons. The van der Waals surface area contributed by atoms with Gasteiger partial charge in [0.15, 0.2) is 11.5 Å². The van der Waals surface area contributed by atoms with Crippen LogP contribution in [0.15, 0.2) is 42.5 Å². The van der Waals surface area contributed by atoms with Gasteiger partial charge in [0.2, 0.25) is 18.6 Å². The number of benzene rings is 2. The number of methoxy groups -OCH3 is 1. The van der Waals surface area contributed by atoms with Gasteiger partial charge in [-0.25, -0.2) is 0 Å². The SMILES string of the molecule is COc1ccc(NC(=O)CN(C)CC(=O)N[C@H](C)c2ccc3c(c2)OCO3)cc1. The predicted octanol–water partition coefficient (Wildman–Crippen LogP) is 2.17. The summed E-state index contributed by atoms with van der Waals surface area (Å²) in [5.74, 6) is 1.73. The molecule has 8 heteroatoms. The summed E-state index contributed by atoms with van der Waals surface area (Å²) in [6.07, 6.45) is 0. The second-order valence-corrected chi connectivity index (χ2v) is 6.85. The van der Waals surface area contributed by atoms with Gasteiger partial charge in [-0.05, 0) is 55.9 Å². The quantitative estimate of drug-likeness (QED) is 0.707. The zero-order valence-electron chi connectivity index (χ0n) is 16.7.